The highest BCUT2D eigenvalue weighted by atomic mass is 31.0. The Bertz CT molecular complexity index is 259. The maximum Gasteiger partial charge on any atom is -0.0241 e. The van der Waals surface area contributed by atoms with Gasteiger partial charge < -0.3 is 0 Å². The van der Waals surface area contributed by atoms with Crippen molar-refractivity contribution < 1.29 is 0 Å². The van der Waals surface area contributed by atoms with Gasteiger partial charge in [-0.1, -0.05) is 42.7 Å². The van der Waals surface area contributed by atoms with E-state index in [0.717, 1.165) is 12.8 Å². The molecule has 0 aliphatic heterocycles. The summed E-state index contributed by atoms with van der Waals surface area (Å²) in [5.74, 6) is 2.00. The number of aryl methyl sites for hydroxylation is 1. The lowest BCUT2D eigenvalue weighted by Crippen LogP contribution is -1.84. The van der Waals surface area contributed by atoms with E-state index in [-0.39, 0.29) is 0 Å². The number of hydrogen-bond acceptors (Lipinski definition) is 0. The van der Waals surface area contributed by atoms with Gasteiger partial charge >= 0.3 is 0 Å². The molecule has 0 aromatic heterocycles. The zero-order valence-corrected chi connectivity index (χ0v) is 8.09. The molecule has 0 N–H and O–H groups in total. The van der Waals surface area contributed by atoms with E-state index in [1.54, 1.807) is 0 Å². The average molecular weight is 176 g/mol. The maximum atomic E-state index is 3.71. The fourth-order valence-electron chi connectivity index (χ4n) is 1.06. The van der Waals surface area contributed by atoms with Crippen LogP contribution in [0.1, 0.15) is 17.5 Å². The number of benzene rings is 1. The minimum Gasteiger partial charge on any atom is -0.127 e. The van der Waals surface area contributed by atoms with Crippen LogP contribution in [0, 0.1) is 0 Å². The molecule has 1 aromatic carbocycles. The molecule has 0 saturated heterocycles. The lowest BCUT2D eigenvalue weighted by Gasteiger charge is -1.98. The Morgan fingerprint density at radius 1 is 1.25 bits per heavy atom. The Labute approximate surface area is 76.2 Å². The molecule has 12 heavy (non-hydrogen) atoms. The van der Waals surface area contributed by atoms with E-state index < -0.39 is 0 Å². The SMILES string of the molecule is C=Cc1ccc(CCC=P)cc1. The van der Waals surface area contributed by atoms with Gasteiger partial charge in [0.2, 0.25) is 0 Å². The summed E-state index contributed by atoms with van der Waals surface area (Å²) in [6, 6.07) is 8.48. The first-order valence-corrected chi connectivity index (χ1v) is 4.65. The molecule has 0 amide bonds. The summed E-state index contributed by atoms with van der Waals surface area (Å²) in [5, 5.41) is 0. The predicted octanol–water partition coefficient (Wildman–Crippen LogP) is 3.21. The van der Waals surface area contributed by atoms with Crippen molar-refractivity contribution in [3.63, 3.8) is 0 Å². The van der Waals surface area contributed by atoms with E-state index >= 15 is 0 Å². The van der Waals surface area contributed by atoms with Crippen LogP contribution in [0.4, 0.5) is 0 Å². The minimum atomic E-state index is 1.07. The molecule has 0 heterocycles. The summed E-state index contributed by atoms with van der Waals surface area (Å²) in [6.45, 7) is 3.71. The van der Waals surface area contributed by atoms with E-state index in [0.29, 0.717) is 0 Å². The van der Waals surface area contributed by atoms with E-state index in [4.69, 9.17) is 0 Å². The van der Waals surface area contributed by atoms with Gasteiger partial charge in [-0.15, -0.1) is 8.86 Å². The highest BCUT2D eigenvalue weighted by Crippen LogP contribution is 2.06. The standard InChI is InChI=1S/C11H13P/c1-2-10-5-7-11(8-6-10)4-3-9-12/h2,5-9,12H,1,3-4H2. The smallest absolute Gasteiger partial charge is 0.0241 e. The Hall–Kier alpha value is -0.870. The predicted molar refractivity (Wildman–Crippen MR) is 59.2 cm³/mol. The quantitative estimate of drug-likeness (QED) is 0.618. The molecule has 0 bridgehead atoms. The van der Waals surface area contributed by atoms with Gasteiger partial charge in [0, 0.05) is 0 Å². The van der Waals surface area contributed by atoms with Crippen molar-refractivity contribution in [2.45, 2.75) is 12.8 Å². The van der Waals surface area contributed by atoms with Crippen molar-refractivity contribution in [2.24, 2.45) is 0 Å². The molecule has 0 spiro atoms. The van der Waals surface area contributed by atoms with Gasteiger partial charge in [-0.2, -0.15) is 0 Å². The molecule has 0 atom stereocenters. The van der Waals surface area contributed by atoms with Crippen LogP contribution in [0.2, 0.25) is 0 Å². The van der Waals surface area contributed by atoms with Crippen molar-refractivity contribution in [1.29, 1.82) is 0 Å². The first-order valence-electron chi connectivity index (χ1n) is 4.07. The van der Waals surface area contributed by atoms with Crippen LogP contribution in [0.25, 0.3) is 6.08 Å². The molecule has 1 heteroatoms. The Kier molecular flexibility index (Phi) is 3.76. The monoisotopic (exact) mass is 176 g/mol. The lowest BCUT2D eigenvalue weighted by atomic mass is 10.1. The summed E-state index contributed by atoms with van der Waals surface area (Å²) in [5.41, 5.74) is 2.55. The summed E-state index contributed by atoms with van der Waals surface area (Å²) in [4.78, 5) is 0. The van der Waals surface area contributed by atoms with Crippen LogP contribution in [0.15, 0.2) is 30.8 Å². The zero-order chi connectivity index (χ0) is 8.81. The second-order valence-corrected chi connectivity index (χ2v) is 3.10. The number of rotatable bonds is 4. The second-order valence-electron chi connectivity index (χ2n) is 2.69. The lowest BCUT2D eigenvalue weighted by molar-refractivity contribution is 1.07. The summed E-state index contributed by atoms with van der Waals surface area (Å²) in [6.07, 6.45) is 4.03. The van der Waals surface area contributed by atoms with Gasteiger partial charge in [0.15, 0.2) is 0 Å². The van der Waals surface area contributed by atoms with Gasteiger partial charge in [-0.3, -0.25) is 0 Å². The third-order valence-electron chi connectivity index (χ3n) is 1.79. The Balaban J connectivity index is 2.64. The Morgan fingerprint density at radius 2 is 1.92 bits per heavy atom. The van der Waals surface area contributed by atoms with Crippen molar-refractivity contribution >= 4 is 20.7 Å². The van der Waals surface area contributed by atoms with Crippen LogP contribution < -0.4 is 0 Å². The highest BCUT2D eigenvalue weighted by Gasteiger charge is 1.90. The van der Waals surface area contributed by atoms with Gasteiger partial charge in [0.25, 0.3) is 0 Å². The molecule has 0 unspecified atom stereocenters. The molecule has 0 aliphatic carbocycles. The highest BCUT2D eigenvalue weighted by molar-refractivity contribution is 7.18. The van der Waals surface area contributed by atoms with Crippen LogP contribution >= 0.6 is 8.86 Å². The minimum absolute atomic E-state index is 1.07. The molecule has 62 valence electrons. The van der Waals surface area contributed by atoms with Gasteiger partial charge in [-0.25, -0.2) is 0 Å². The molecule has 0 saturated carbocycles. The molecule has 0 nitrogen and oxygen atoms in total. The summed E-state index contributed by atoms with van der Waals surface area (Å²) < 4.78 is 0. The zero-order valence-electron chi connectivity index (χ0n) is 7.09. The van der Waals surface area contributed by atoms with E-state index in [9.17, 15) is 0 Å². The number of hydrogen-bond donors (Lipinski definition) is 0. The molecule has 1 aromatic rings. The topological polar surface area (TPSA) is 0 Å². The third-order valence-corrected chi connectivity index (χ3v) is 2.08. The third kappa shape index (κ3) is 2.64. The van der Waals surface area contributed by atoms with Crippen molar-refractivity contribution in [3.05, 3.63) is 42.0 Å². The molecular weight excluding hydrogens is 163 g/mol. The van der Waals surface area contributed by atoms with Crippen LogP contribution in [-0.4, -0.2) is 5.80 Å². The average Bonchev–Trinajstić information content (AvgIpc) is 2.15. The van der Waals surface area contributed by atoms with Crippen molar-refractivity contribution in [2.75, 3.05) is 0 Å². The molecule has 0 radical (unpaired) electrons. The molecule has 1 rings (SSSR count). The van der Waals surface area contributed by atoms with Crippen LogP contribution in [0.3, 0.4) is 0 Å². The summed E-state index contributed by atoms with van der Waals surface area (Å²) >= 11 is 0. The fraction of sp³-hybridized carbons (Fsp3) is 0.182. The normalized spacial score (nSPS) is 9.33. The largest absolute Gasteiger partial charge is 0.127 e. The van der Waals surface area contributed by atoms with E-state index in [1.807, 2.05) is 11.9 Å². The van der Waals surface area contributed by atoms with Crippen LogP contribution in [0.5, 0.6) is 0 Å². The van der Waals surface area contributed by atoms with Gasteiger partial charge in [0.05, 0.1) is 0 Å². The van der Waals surface area contributed by atoms with E-state index in [1.165, 1.54) is 11.1 Å². The molecular formula is C11H13P. The Morgan fingerprint density at radius 3 is 2.42 bits per heavy atom. The van der Waals surface area contributed by atoms with Crippen molar-refractivity contribution in [3.8, 4) is 0 Å². The van der Waals surface area contributed by atoms with E-state index in [2.05, 4.69) is 39.7 Å². The summed E-state index contributed by atoms with van der Waals surface area (Å²) in [7, 11) is 3.34. The van der Waals surface area contributed by atoms with Gasteiger partial charge in [-0.05, 0) is 24.0 Å². The first kappa shape index (κ1) is 9.22. The maximum absolute atomic E-state index is 3.71. The molecule has 0 aliphatic rings. The first-order chi connectivity index (χ1) is 5.86. The fourth-order valence-corrected chi connectivity index (χ4v) is 1.20. The second kappa shape index (κ2) is 4.90. The van der Waals surface area contributed by atoms with Gasteiger partial charge in [0.1, 0.15) is 0 Å². The molecule has 0 fully saturated rings. The van der Waals surface area contributed by atoms with Crippen molar-refractivity contribution in [1.82, 2.24) is 0 Å². The van der Waals surface area contributed by atoms with Crippen LogP contribution in [-0.2, 0) is 6.42 Å².